The van der Waals surface area contributed by atoms with Crippen LogP contribution in [0.5, 0.6) is 5.75 Å². The van der Waals surface area contributed by atoms with Gasteiger partial charge in [0, 0.05) is 23.4 Å². The Morgan fingerprint density at radius 3 is 2.33 bits per heavy atom. The van der Waals surface area contributed by atoms with Crippen LogP contribution in [-0.2, 0) is 9.47 Å². The Bertz CT molecular complexity index is 735. The number of alkyl halides is 2. The molecule has 0 unspecified atom stereocenters. The molecule has 2 rings (SSSR count). The third-order valence-electron chi connectivity index (χ3n) is 3.58. The normalized spacial score (nSPS) is 11.4. The number of benzene rings is 2. The van der Waals surface area contributed by atoms with Crippen molar-refractivity contribution in [2.75, 3.05) is 32.2 Å². The standard InChI is InChI=1S/C20H23F2NO4/c1-2-11-25-12-13-26-14-20(21,22)27-16-9-7-15(8-10-16)19(24)17-5-3-4-6-18(17)23/h3-10H,2,11-14,23H2,1H3. The third kappa shape index (κ3) is 6.62. The molecule has 0 fully saturated rings. The van der Waals surface area contributed by atoms with Crippen molar-refractivity contribution in [2.45, 2.75) is 19.5 Å². The van der Waals surface area contributed by atoms with E-state index in [1.54, 1.807) is 24.3 Å². The van der Waals surface area contributed by atoms with Crippen molar-refractivity contribution in [3.63, 3.8) is 0 Å². The van der Waals surface area contributed by atoms with Crippen molar-refractivity contribution in [2.24, 2.45) is 0 Å². The Morgan fingerprint density at radius 1 is 1.00 bits per heavy atom. The van der Waals surface area contributed by atoms with Crippen molar-refractivity contribution < 1.29 is 27.8 Å². The predicted molar refractivity (Wildman–Crippen MR) is 98.2 cm³/mol. The van der Waals surface area contributed by atoms with E-state index < -0.39 is 12.7 Å². The number of ketones is 1. The van der Waals surface area contributed by atoms with Crippen molar-refractivity contribution in [3.8, 4) is 5.75 Å². The first-order valence-electron chi connectivity index (χ1n) is 8.64. The molecule has 0 saturated heterocycles. The van der Waals surface area contributed by atoms with Crippen molar-refractivity contribution >= 4 is 11.5 Å². The maximum absolute atomic E-state index is 13.8. The second-order valence-electron chi connectivity index (χ2n) is 5.85. The quantitative estimate of drug-likeness (QED) is 0.364. The van der Waals surface area contributed by atoms with Crippen molar-refractivity contribution in [3.05, 3.63) is 59.7 Å². The average Bonchev–Trinajstić information content (AvgIpc) is 2.65. The molecule has 0 spiro atoms. The number of carbonyl (C=O) groups is 1. The first kappa shape index (κ1) is 20.8. The largest absolute Gasteiger partial charge is 0.431 e. The van der Waals surface area contributed by atoms with Gasteiger partial charge in [0.05, 0.1) is 13.2 Å². The zero-order valence-electron chi connectivity index (χ0n) is 15.1. The number of para-hydroxylation sites is 1. The number of anilines is 1. The average molecular weight is 379 g/mol. The highest BCUT2D eigenvalue weighted by atomic mass is 19.3. The minimum Gasteiger partial charge on any atom is -0.431 e. The number of ether oxygens (including phenoxy) is 3. The highest BCUT2D eigenvalue weighted by molar-refractivity contribution is 6.12. The molecule has 27 heavy (non-hydrogen) atoms. The molecule has 0 radical (unpaired) electrons. The molecule has 146 valence electrons. The second-order valence-corrected chi connectivity index (χ2v) is 5.85. The summed E-state index contributed by atoms with van der Waals surface area (Å²) in [5, 5.41) is 0. The predicted octanol–water partition coefficient (Wildman–Crippen LogP) is 3.91. The number of nitrogens with two attached hydrogens (primary N) is 1. The Labute approximate surface area is 157 Å². The summed E-state index contributed by atoms with van der Waals surface area (Å²) in [6, 6.07) is 12.1. The Morgan fingerprint density at radius 2 is 1.67 bits per heavy atom. The number of nitrogen functional groups attached to an aromatic ring is 1. The fourth-order valence-corrected chi connectivity index (χ4v) is 2.29. The second kappa shape index (κ2) is 9.99. The van der Waals surface area contributed by atoms with Gasteiger partial charge in [-0.1, -0.05) is 19.1 Å². The van der Waals surface area contributed by atoms with Crippen molar-refractivity contribution in [1.82, 2.24) is 0 Å². The zero-order valence-corrected chi connectivity index (χ0v) is 15.1. The lowest BCUT2D eigenvalue weighted by atomic mass is 10.0. The van der Waals surface area contributed by atoms with Gasteiger partial charge in [0.25, 0.3) is 0 Å². The molecule has 0 saturated carbocycles. The molecule has 2 aromatic rings. The van der Waals surface area contributed by atoms with E-state index in [0.29, 0.717) is 23.4 Å². The van der Waals surface area contributed by atoms with E-state index in [0.717, 1.165) is 6.42 Å². The van der Waals surface area contributed by atoms with Gasteiger partial charge in [0.2, 0.25) is 0 Å². The van der Waals surface area contributed by atoms with Gasteiger partial charge in [0.15, 0.2) is 12.4 Å². The minimum absolute atomic E-state index is 0.0604. The summed E-state index contributed by atoms with van der Waals surface area (Å²) in [6.07, 6.45) is -2.63. The molecule has 5 nitrogen and oxygen atoms in total. The van der Waals surface area contributed by atoms with Crippen LogP contribution in [0.15, 0.2) is 48.5 Å². The molecule has 2 N–H and O–H groups in total. The van der Waals surface area contributed by atoms with Crippen LogP contribution in [0.3, 0.4) is 0 Å². The molecule has 0 bridgehead atoms. The van der Waals surface area contributed by atoms with Gasteiger partial charge in [-0.15, -0.1) is 0 Å². The first-order valence-corrected chi connectivity index (χ1v) is 8.64. The van der Waals surface area contributed by atoms with E-state index in [1.807, 2.05) is 6.92 Å². The van der Waals surface area contributed by atoms with E-state index >= 15 is 0 Å². The van der Waals surface area contributed by atoms with Gasteiger partial charge < -0.3 is 19.9 Å². The summed E-state index contributed by atoms with van der Waals surface area (Å²) in [6.45, 7) is 1.95. The van der Waals surface area contributed by atoms with E-state index in [4.69, 9.17) is 15.2 Å². The van der Waals surface area contributed by atoms with E-state index in [2.05, 4.69) is 4.74 Å². The van der Waals surface area contributed by atoms with E-state index in [9.17, 15) is 13.6 Å². The zero-order chi connectivity index (χ0) is 19.7. The lowest BCUT2D eigenvalue weighted by Gasteiger charge is -2.18. The maximum atomic E-state index is 13.8. The monoisotopic (exact) mass is 379 g/mol. The lowest BCUT2D eigenvalue weighted by Crippen LogP contribution is -2.31. The molecule has 0 aliphatic heterocycles. The van der Waals surface area contributed by atoms with Crippen LogP contribution in [0.1, 0.15) is 29.3 Å². The Kier molecular flexibility index (Phi) is 7.69. The van der Waals surface area contributed by atoms with Crippen LogP contribution in [0.2, 0.25) is 0 Å². The number of rotatable bonds is 11. The minimum atomic E-state index is -3.49. The lowest BCUT2D eigenvalue weighted by molar-refractivity contribution is -0.213. The topological polar surface area (TPSA) is 70.8 Å². The van der Waals surface area contributed by atoms with Gasteiger partial charge in [0.1, 0.15) is 5.75 Å². The summed E-state index contributed by atoms with van der Waals surface area (Å²) >= 11 is 0. The molecule has 0 amide bonds. The molecule has 0 aliphatic carbocycles. The van der Waals surface area contributed by atoms with Crippen LogP contribution >= 0.6 is 0 Å². The fourth-order valence-electron chi connectivity index (χ4n) is 2.29. The number of hydrogen-bond acceptors (Lipinski definition) is 5. The fraction of sp³-hybridized carbons (Fsp3) is 0.350. The van der Waals surface area contributed by atoms with E-state index in [1.165, 1.54) is 24.3 Å². The van der Waals surface area contributed by atoms with Crippen LogP contribution < -0.4 is 10.5 Å². The van der Waals surface area contributed by atoms with Gasteiger partial charge in [-0.05, 0) is 42.8 Å². The SMILES string of the molecule is CCCOCCOCC(F)(F)Oc1ccc(C(=O)c2ccccc2N)cc1. The molecular weight excluding hydrogens is 356 g/mol. The first-order chi connectivity index (χ1) is 12.9. The van der Waals surface area contributed by atoms with Gasteiger partial charge in [-0.2, -0.15) is 8.78 Å². The molecule has 0 aromatic heterocycles. The molecule has 0 heterocycles. The molecule has 0 aliphatic rings. The van der Waals surface area contributed by atoms with Crippen LogP contribution in [0.25, 0.3) is 0 Å². The third-order valence-corrected chi connectivity index (χ3v) is 3.58. The summed E-state index contributed by atoms with van der Waals surface area (Å²) in [4.78, 5) is 12.4. The smallest absolute Gasteiger partial charge is 0.421 e. The highest BCUT2D eigenvalue weighted by Gasteiger charge is 2.32. The summed E-state index contributed by atoms with van der Waals surface area (Å²) in [5.41, 5.74) is 6.83. The van der Waals surface area contributed by atoms with Crippen LogP contribution in [0, 0.1) is 0 Å². The number of halogens is 2. The number of carbonyl (C=O) groups excluding carboxylic acids is 1. The number of hydrogen-bond donors (Lipinski definition) is 1. The summed E-state index contributed by atoms with van der Waals surface area (Å²) in [7, 11) is 0. The van der Waals surface area contributed by atoms with Gasteiger partial charge in [-0.25, -0.2) is 0 Å². The molecule has 2 aromatic carbocycles. The van der Waals surface area contributed by atoms with Gasteiger partial charge >= 0.3 is 6.11 Å². The maximum Gasteiger partial charge on any atom is 0.421 e. The van der Waals surface area contributed by atoms with Crippen LogP contribution in [0.4, 0.5) is 14.5 Å². The van der Waals surface area contributed by atoms with E-state index in [-0.39, 0.29) is 24.7 Å². The molecule has 0 atom stereocenters. The highest BCUT2D eigenvalue weighted by Crippen LogP contribution is 2.24. The Hall–Kier alpha value is -2.51. The summed E-state index contributed by atoms with van der Waals surface area (Å²) < 4.78 is 42.3. The summed E-state index contributed by atoms with van der Waals surface area (Å²) in [5.74, 6) is -0.356. The Balaban J connectivity index is 1.89. The van der Waals surface area contributed by atoms with Crippen molar-refractivity contribution in [1.29, 1.82) is 0 Å². The molecular formula is C20H23F2NO4. The van der Waals surface area contributed by atoms with Gasteiger partial charge in [-0.3, -0.25) is 4.79 Å². The van der Waals surface area contributed by atoms with Crippen LogP contribution in [-0.4, -0.2) is 38.3 Å². The molecule has 7 heteroatoms.